The summed E-state index contributed by atoms with van der Waals surface area (Å²) in [6.45, 7) is 6.35. The molecule has 3 heteroatoms. The van der Waals surface area contributed by atoms with Crippen LogP contribution in [0.15, 0.2) is 24.3 Å². The first-order valence-corrected chi connectivity index (χ1v) is 7.19. The molecular formula is C16H24FNO. The molecule has 1 N–H and O–H groups in total. The third-order valence-electron chi connectivity index (χ3n) is 4.10. The van der Waals surface area contributed by atoms with E-state index >= 15 is 0 Å². The Kier molecular flexibility index (Phi) is 4.58. The number of hydrogen-bond donors (Lipinski definition) is 1. The molecule has 2 rings (SSSR count). The van der Waals surface area contributed by atoms with Crippen LogP contribution in [-0.2, 0) is 6.42 Å². The number of benzene rings is 1. The highest BCUT2D eigenvalue weighted by molar-refractivity contribution is 5.18. The molecular weight excluding hydrogens is 241 g/mol. The van der Waals surface area contributed by atoms with Crippen molar-refractivity contribution in [1.29, 1.82) is 0 Å². The van der Waals surface area contributed by atoms with Crippen LogP contribution in [0.25, 0.3) is 0 Å². The van der Waals surface area contributed by atoms with Crippen molar-refractivity contribution in [2.24, 2.45) is 0 Å². The normalized spacial score (nSPS) is 25.5. The Morgan fingerprint density at radius 2 is 2.11 bits per heavy atom. The molecule has 1 fully saturated rings. The molecule has 1 unspecified atom stereocenters. The first-order valence-electron chi connectivity index (χ1n) is 7.19. The molecule has 1 aliphatic rings. The van der Waals surface area contributed by atoms with Crippen LogP contribution in [0, 0.1) is 5.82 Å². The number of halogens is 1. The van der Waals surface area contributed by atoms with Gasteiger partial charge in [0.2, 0.25) is 0 Å². The third-order valence-corrected chi connectivity index (χ3v) is 4.10. The van der Waals surface area contributed by atoms with Gasteiger partial charge in [-0.15, -0.1) is 0 Å². The van der Waals surface area contributed by atoms with E-state index < -0.39 is 5.60 Å². The van der Waals surface area contributed by atoms with Gasteiger partial charge < -0.3 is 10.0 Å². The maximum Gasteiger partial charge on any atom is 0.123 e. The zero-order valence-electron chi connectivity index (χ0n) is 11.9. The Balaban J connectivity index is 2.02. The smallest absolute Gasteiger partial charge is 0.123 e. The molecule has 19 heavy (non-hydrogen) atoms. The summed E-state index contributed by atoms with van der Waals surface area (Å²) >= 11 is 0. The minimum atomic E-state index is -0.683. The lowest BCUT2D eigenvalue weighted by atomic mass is 9.88. The molecule has 1 atom stereocenters. The van der Waals surface area contributed by atoms with Gasteiger partial charge in [0.05, 0.1) is 5.60 Å². The molecule has 0 bridgehead atoms. The van der Waals surface area contributed by atoms with E-state index in [1.54, 1.807) is 6.07 Å². The van der Waals surface area contributed by atoms with Gasteiger partial charge in [-0.1, -0.05) is 12.1 Å². The first-order chi connectivity index (χ1) is 8.98. The van der Waals surface area contributed by atoms with E-state index in [4.69, 9.17) is 0 Å². The minimum absolute atomic E-state index is 0.224. The molecule has 0 radical (unpaired) electrons. The van der Waals surface area contributed by atoms with E-state index in [0.717, 1.165) is 37.9 Å². The molecule has 0 amide bonds. The molecule has 0 aliphatic carbocycles. The number of rotatable bonds is 3. The highest BCUT2D eigenvalue weighted by Gasteiger charge is 2.30. The van der Waals surface area contributed by atoms with Crippen molar-refractivity contribution in [2.75, 3.05) is 13.1 Å². The summed E-state index contributed by atoms with van der Waals surface area (Å²) in [4.78, 5) is 2.41. The fourth-order valence-electron chi connectivity index (χ4n) is 2.92. The van der Waals surface area contributed by atoms with Crippen molar-refractivity contribution in [3.63, 3.8) is 0 Å². The molecule has 106 valence electrons. The van der Waals surface area contributed by atoms with Crippen LogP contribution in [0.2, 0.25) is 0 Å². The standard InChI is InChI=1S/C16H24FNO/c1-13(2)18-9-4-7-16(19,8-10-18)12-14-5-3-6-15(17)11-14/h3,5-6,11,13,19H,4,7-10,12H2,1-2H3. The summed E-state index contributed by atoms with van der Waals surface area (Å²) in [6.07, 6.45) is 3.12. The highest BCUT2D eigenvalue weighted by Crippen LogP contribution is 2.27. The molecule has 1 aromatic carbocycles. The second kappa shape index (κ2) is 6.02. The van der Waals surface area contributed by atoms with Crippen molar-refractivity contribution < 1.29 is 9.50 Å². The summed E-state index contributed by atoms with van der Waals surface area (Å²) < 4.78 is 13.2. The largest absolute Gasteiger partial charge is 0.389 e. The Labute approximate surface area is 115 Å². The highest BCUT2D eigenvalue weighted by atomic mass is 19.1. The molecule has 1 saturated heterocycles. The van der Waals surface area contributed by atoms with Crippen LogP contribution in [0.5, 0.6) is 0 Å². The van der Waals surface area contributed by atoms with Gasteiger partial charge >= 0.3 is 0 Å². The van der Waals surface area contributed by atoms with Crippen molar-refractivity contribution in [2.45, 2.75) is 51.2 Å². The van der Waals surface area contributed by atoms with Gasteiger partial charge in [0.25, 0.3) is 0 Å². The maximum absolute atomic E-state index is 13.2. The van der Waals surface area contributed by atoms with Crippen LogP contribution < -0.4 is 0 Å². The van der Waals surface area contributed by atoms with Crippen LogP contribution in [0.3, 0.4) is 0 Å². The fourth-order valence-corrected chi connectivity index (χ4v) is 2.92. The molecule has 1 aliphatic heterocycles. The lowest BCUT2D eigenvalue weighted by Crippen LogP contribution is -2.35. The molecule has 1 heterocycles. The second-order valence-electron chi connectivity index (χ2n) is 6.01. The molecule has 1 aromatic rings. The monoisotopic (exact) mass is 265 g/mol. The molecule has 0 spiro atoms. The first kappa shape index (κ1) is 14.5. The summed E-state index contributed by atoms with van der Waals surface area (Å²) in [5.74, 6) is -0.224. The number of nitrogens with zero attached hydrogens (tertiary/aromatic N) is 1. The van der Waals surface area contributed by atoms with E-state index in [9.17, 15) is 9.50 Å². The van der Waals surface area contributed by atoms with Gasteiger partial charge in [-0.2, -0.15) is 0 Å². The van der Waals surface area contributed by atoms with E-state index in [1.165, 1.54) is 12.1 Å². The van der Waals surface area contributed by atoms with Crippen LogP contribution in [0.1, 0.15) is 38.7 Å². The topological polar surface area (TPSA) is 23.5 Å². The number of hydrogen-bond acceptors (Lipinski definition) is 2. The summed E-state index contributed by atoms with van der Waals surface area (Å²) in [5, 5.41) is 10.7. The zero-order chi connectivity index (χ0) is 13.9. The third kappa shape index (κ3) is 4.02. The van der Waals surface area contributed by atoms with Gasteiger partial charge in [0.1, 0.15) is 5.82 Å². The van der Waals surface area contributed by atoms with Gasteiger partial charge in [-0.3, -0.25) is 0 Å². The maximum atomic E-state index is 13.2. The summed E-state index contributed by atoms with van der Waals surface area (Å²) in [6, 6.07) is 7.11. The second-order valence-corrected chi connectivity index (χ2v) is 6.01. The molecule has 0 aromatic heterocycles. The van der Waals surface area contributed by atoms with E-state index in [0.29, 0.717) is 12.5 Å². The Bertz CT molecular complexity index is 421. The van der Waals surface area contributed by atoms with Gasteiger partial charge in [-0.25, -0.2) is 4.39 Å². The summed E-state index contributed by atoms with van der Waals surface area (Å²) in [5.41, 5.74) is 0.206. The zero-order valence-corrected chi connectivity index (χ0v) is 11.9. The van der Waals surface area contributed by atoms with Gasteiger partial charge in [0, 0.05) is 19.0 Å². The van der Waals surface area contributed by atoms with Crippen molar-refractivity contribution in [1.82, 2.24) is 4.90 Å². The van der Waals surface area contributed by atoms with Crippen LogP contribution in [-0.4, -0.2) is 34.7 Å². The number of aliphatic hydroxyl groups is 1. The van der Waals surface area contributed by atoms with Crippen LogP contribution in [0.4, 0.5) is 4.39 Å². The van der Waals surface area contributed by atoms with Crippen molar-refractivity contribution >= 4 is 0 Å². The molecule has 0 saturated carbocycles. The Morgan fingerprint density at radius 1 is 1.32 bits per heavy atom. The summed E-state index contributed by atoms with van der Waals surface area (Å²) in [7, 11) is 0. The fraction of sp³-hybridized carbons (Fsp3) is 0.625. The molecule has 2 nitrogen and oxygen atoms in total. The lowest BCUT2D eigenvalue weighted by Gasteiger charge is -2.28. The van der Waals surface area contributed by atoms with Gasteiger partial charge in [0.15, 0.2) is 0 Å². The van der Waals surface area contributed by atoms with E-state index in [-0.39, 0.29) is 5.82 Å². The van der Waals surface area contributed by atoms with Crippen molar-refractivity contribution in [3.8, 4) is 0 Å². The quantitative estimate of drug-likeness (QED) is 0.908. The van der Waals surface area contributed by atoms with E-state index in [1.807, 2.05) is 6.07 Å². The minimum Gasteiger partial charge on any atom is -0.389 e. The van der Waals surface area contributed by atoms with E-state index in [2.05, 4.69) is 18.7 Å². The Hall–Kier alpha value is -0.930. The van der Waals surface area contributed by atoms with Crippen LogP contribution >= 0.6 is 0 Å². The predicted octanol–water partition coefficient (Wildman–Crippen LogP) is 2.99. The predicted molar refractivity (Wildman–Crippen MR) is 75.6 cm³/mol. The lowest BCUT2D eigenvalue weighted by molar-refractivity contribution is 0.0248. The average Bonchev–Trinajstić information content (AvgIpc) is 2.51. The van der Waals surface area contributed by atoms with Crippen molar-refractivity contribution in [3.05, 3.63) is 35.6 Å². The number of likely N-dealkylation sites (tertiary alicyclic amines) is 1. The SMILES string of the molecule is CC(C)N1CCCC(O)(Cc2cccc(F)c2)CC1. The Morgan fingerprint density at radius 3 is 2.79 bits per heavy atom. The van der Waals surface area contributed by atoms with Gasteiger partial charge in [-0.05, 0) is 57.4 Å². The average molecular weight is 265 g/mol.